The molecule has 1 saturated carbocycles. The Morgan fingerprint density at radius 3 is 2.05 bits per heavy atom. The molecule has 0 N–H and O–H groups in total. The number of hydrogen-bond donors (Lipinski definition) is 0. The van der Waals surface area contributed by atoms with Crippen LogP contribution in [0, 0.1) is 29.1 Å². The molecule has 1 atom stereocenters. The minimum absolute atomic E-state index is 0.709. The van der Waals surface area contributed by atoms with Gasteiger partial charge < -0.3 is 0 Å². The van der Waals surface area contributed by atoms with Crippen LogP contribution < -0.4 is 0 Å². The summed E-state index contributed by atoms with van der Waals surface area (Å²) in [6.07, 6.45) is 11.7. The van der Waals surface area contributed by atoms with Crippen molar-refractivity contribution in [2.24, 2.45) is 29.1 Å². The Balaban J connectivity index is 2.27. The summed E-state index contributed by atoms with van der Waals surface area (Å²) >= 11 is 0. The zero-order valence-corrected chi connectivity index (χ0v) is 14.5. The molecule has 0 aromatic rings. The van der Waals surface area contributed by atoms with E-state index in [4.69, 9.17) is 0 Å². The summed E-state index contributed by atoms with van der Waals surface area (Å²) < 4.78 is 0. The molecule has 1 aliphatic rings. The molecule has 0 heteroatoms. The fraction of sp³-hybridized carbons (Fsp3) is 1.00. The van der Waals surface area contributed by atoms with Crippen LogP contribution in [0.1, 0.15) is 92.9 Å². The Labute approximate surface area is 122 Å². The Hall–Kier alpha value is 0. The van der Waals surface area contributed by atoms with Crippen molar-refractivity contribution in [2.45, 2.75) is 92.9 Å². The fourth-order valence-electron chi connectivity index (χ4n) is 4.20. The highest BCUT2D eigenvalue weighted by Gasteiger charge is 2.44. The van der Waals surface area contributed by atoms with Gasteiger partial charge in [0, 0.05) is 0 Å². The third-order valence-corrected chi connectivity index (χ3v) is 5.96. The van der Waals surface area contributed by atoms with Crippen molar-refractivity contribution in [3.05, 3.63) is 0 Å². The average Bonchev–Trinajstić information content (AvgIpc) is 2.30. The van der Waals surface area contributed by atoms with Crippen molar-refractivity contribution in [2.75, 3.05) is 0 Å². The van der Waals surface area contributed by atoms with Gasteiger partial charge >= 0.3 is 0 Å². The molecule has 0 aliphatic heterocycles. The van der Waals surface area contributed by atoms with Gasteiger partial charge in [0.15, 0.2) is 0 Å². The lowest BCUT2D eigenvalue weighted by Crippen LogP contribution is -2.41. The van der Waals surface area contributed by atoms with Gasteiger partial charge in [0.25, 0.3) is 0 Å². The zero-order chi connectivity index (χ0) is 14.5. The average molecular weight is 267 g/mol. The van der Waals surface area contributed by atoms with E-state index >= 15 is 0 Å². The van der Waals surface area contributed by atoms with Crippen molar-refractivity contribution >= 4 is 0 Å². The van der Waals surface area contributed by atoms with Gasteiger partial charge in [0.05, 0.1) is 0 Å². The molecule has 0 nitrogen and oxygen atoms in total. The molecular weight excluding hydrogens is 228 g/mol. The van der Waals surface area contributed by atoms with E-state index in [-0.39, 0.29) is 0 Å². The smallest absolute Gasteiger partial charge is 0.0272 e. The van der Waals surface area contributed by atoms with Crippen LogP contribution in [-0.2, 0) is 0 Å². The molecule has 1 fully saturated rings. The van der Waals surface area contributed by atoms with Crippen molar-refractivity contribution in [3.8, 4) is 0 Å². The third-order valence-electron chi connectivity index (χ3n) is 5.96. The van der Waals surface area contributed by atoms with Crippen molar-refractivity contribution < 1.29 is 0 Å². The van der Waals surface area contributed by atoms with Crippen LogP contribution in [-0.4, -0.2) is 0 Å². The van der Waals surface area contributed by atoms with E-state index in [1.807, 2.05) is 0 Å². The van der Waals surface area contributed by atoms with E-state index in [9.17, 15) is 0 Å². The van der Waals surface area contributed by atoms with E-state index in [1.165, 1.54) is 51.4 Å². The van der Waals surface area contributed by atoms with Gasteiger partial charge in [-0.25, -0.2) is 0 Å². The molecule has 0 radical (unpaired) electrons. The molecule has 19 heavy (non-hydrogen) atoms. The molecule has 1 rings (SSSR count). The largest absolute Gasteiger partial charge is 0.0651 e. The van der Waals surface area contributed by atoms with Gasteiger partial charge in [0.1, 0.15) is 0 Å². The molecule has 0 aromatic heterocycles. The van der Waals surface area contributed by atoms with Gasteiger partial charge in [-0.15, -0.1) is 0 Å². The minimum Gasteiger partial charge on any atom is -0.0651 e. The van der Waals surface area contributed by atoms with E-state index in [0.717, 1.165) is 23.7 Å². The molecule has 0 spiro atoms. The fourth-order valence-corrected chi connectivity index (χ4v) is 4.20. The first-order valence-corrected chi connectivity index (χ1v) is 8.93. The summed E-state index contributed by atoms with van der Waals surface area (Å²) in [5, 5.41) is 0. The second kappa shape index (κ2) is 7.70. The summed E-state index contributed by atoms with van der Waals surface area (Å²) in [6, 6.07) is 0. The first kappa shape index (κ1) is 17.1. The van der Waals surface area contributed by atoms with Crippen LogP contribution in [0.15, 0.2) is 0 Å². The quantitative estimate of drug-likeness (QED) is 0.436. The van der Waals surface area contributed by atoms with Crippen molar-refractivity contribution in [1.82, 2.24) is 0 Å². The summed E-state index contributed by atoms with van der Waals surface area (Å²) in [4.78, 5) is 0. The Bertz CT molecular complexity index is 232. The first-order chi connectivity index (χ1) is 8.93. The molecule has 0 amide bonds. The maximum atomic E-state index is 2.43. The van der Waals surface area contributed by atoms with Gasteiger partial charge in [-0.3, -0.25) is 0 Å². The van der Waals surface area contributed by atoms with Gasteiger partial charge in [-0.2, -0.15) is 0 Å². The molecule has 0 aromatic carbocycles. The van der Waals surface area contributed by atoms with E-state index in [1.54, 1.807) is 0 Å². The van der Waals surface area contributed by atoms with E-state index < -0.39 is 0 Å². The monoisotopic (exact) mass is 266 g/mol. The van der Waals surface area contributed by atoms with Crippen LogP contribution in [0.25, 0.3) is 0 Å². The Morgan fingerprint density at radius 2 is 1.63 bits per heavy atom. The van der Waals surface area contributed by atoms with Crippen LogP contribution in [0.4, 0.5) is 0 Å². The number of rotatable bonds is 9. The maximum absolute atomic E-state index is 2.43. The highest BCUT2D eigenvalue weighted by Crippen LogP contribution is 2.55. The van der Waals surface area contributed by atoms with Gasteiger partial charge in [0.2, 0.25) is 0 Å². The lowest BCUT2D eigenvalue weighted by molar-refractivity contribution is -0.0107. The van der Waals surface area contributed by atoms with Gasteiger partial charge in [-0.05, 0) is 48.3 Å². The summed E-state index contributed by atoms with van der Waals surface area (Å²) in [7, 11) is 0. The summed E-state index contributed by atoms with van der Waals surface area (Å²) in [5.41, 5.74) is 0.709. The standard InChI is InChI=1S/C19H38/c1-7-17(11-9-10-15(3)4)12-18-13-19(8-2,14-18)16(5)6/h15-18H,7-14H2,1-6H3. The SMILES string of the molecule is CCC(CCCC(C)C)CC1CC(CC)(C(C)C)C1. The van der Waals surface area contributed by atoms with Crippen LogP contribution in [0.3, 0.4) is 0 Å². The Kier molecular flexibility index (Phi) is 6.91. The van der Waals surface area contributed by atoms with Crippen LogP contribution in [0.5, 0.6) is 0 Å². The van der Waals surface area contributed by atoms with Crippen LogP contribution in [0.2, 0.25) is 0 Å². The molecule has 0 heterocycles. The topological polar surface area (TPSA) is 0 Å². The lowest BCUT2D eigenvalue weighted by Gasteiger charge is -2.51. The molecule has 0 bridgehead atoms. The minimum atomic E-state index is 0.709. The summed E-state index contributed by atoms with van der Waals surface area (Å²) in [6.45, 7) is 14.4. The predicted octanol–water partition coefficient (Wildman–Crippen LogP) is 6.69. The van der Waals surface area contributed by atoms with Crippen LogP contribution >= 0.6 is 0 Å². The van der Waals surface area contributed by atoms with E-state index in [0.29, 0.717) is 5.41 Å². The normalized spacial score (nSPS) is 28.7. The predicted molar refractivity (Wildman–Crippen MR) is 87.4 cm³/mol. The zero-order valence-electron chi connectivity index (χ0n) is 14.5. The molecule has 1 aliphatic carbocycles. The summed E-state index contributed by atoms with van der Waals surface area (Å²) in [5.74, 6) is 3.82. The molecular formula is C19H38. The number of hydrogen-bond acceptors (Lipinski definition) is 0. The van der Waals surface area contributed by atoms with Gasteiger partial charge in [-0.1, -0.05) is 73.6 Å². The maximum Gasteiger partial charge on any atom is -0.0272 e. The Morgan fingerprint density at radius 1 is 1.00 bits per heavy atom. The van der Waals surface area contributed by atoms with Crippen molar-refractivity contribution in [3.63, 3.8) is 0 Å². The molecule has 0 saturated heterocycles. The second-order valence-corrected chi connectivity index (χ2v) is 7.98. The third kappa shape index (κ3) is 4.80. The lowest BCUT2D eigenvalue weighted by atomic mass is 9.54. The first-order valence-electron chi connectivity index (χ1n) is 8.93. The van der Waals surface area contributed by atoms with Crippen molar-refractivity contribution in [1.29, 1.82) is 0 Å². The second-order valence-electron chi connectivity index (χ2n) is 7.98. The highest BCUT2D eigenvalue weighted by molar-refractivity contribution is 4.95. The van der Waals surface area contributed by atoms with E-state index in [2.05, 4.69) is 41.5 Å². The molecule has 114 valence electrons. The highest BCUT2D eigenvalue weighted by atomic mass is 14.5. The molecule has 1 unspecified atom stereocenters.